The molecule has 5 heteroatoms. The normalized spacial score (nSPS) is 10.8. The van der Waals surface area contributed by atoms with Crippen LogP contribution in [0.25, 0.3) is 10.8 Å². The van der Waals surface area contributed by atoms with Crippen LogP contribution in [0.2, 0.25) is 0 Å². The van der Waals surface area contributed by atoms with Gasteiger partial charge in [0.15, 0.2) is 0 Å². The zero-order chi connectivity index (χ0) is 19.4. The van der Waals surface area contributed by atoms with Gasteiger partial charge in [0.2, 0.25) is 5.91 Å². The summed E-state index contributed by atoms with van der Waals surface area (Å²) in [6.45, 7) is 4.36. The molecule has 0 radical (unpaired) electrons. The zero-order valence-electron chi connectivity index (χ0n) is 15.4. The number of nitrogens with two attached hydrogens (primary N) is 1. The van der Waals surface area contributed by atoms with Gasteiger partial charge in [0.1, 0.15) is 5.75 Å². The van der Waals surface area contributed by atoms with Crippen molar-refractivity contribution in [3.63, 3.8) is 0 Å². The minimum Gasteiger partial charge on any atom is -0.491 e. The maximum atomic E-state index is 12.5. The Morgan fingerprint density at radius 2 is 1.63 bits per heavy atom. The second kappa shape index (κ2) is 7.91. The highest BCUT2D eigenvalue weighted by atomic mass is 16.5. The molecule has 0 spiro atoms. The van der Waals surface area contributed by atoms with E-state index in [0.29, 0.717) is 17.7 Å². The van der Waals surface area contributed by atoms with Crippen LogP contribution in [-0.4, -0.2) is 17.9 Å². The number of carbonyl (C=O) groups is 2. The number of benzene rings is 3. The van der Waals surface area contributed by atoms with Gasteiger partial charge in [-0.2, -0.15) is 0 Å². The lowest BCUT2D eigenvalue weighted by molar-refractivity contribution is 0.0949. The van der Waals surface area contributed by atoms with Crippen molar-refractivity contribution in [3.8, 4) is 5.75 Å². The number of primary amides is 1. The molecule has 138 valence electrons. The van der Waals surface area contributed by atoms with Crippen molar-refractivity contribution >= 4 is 22.6 Å². The Kier molecular flexibility index (Phi) is 5.41. The molecule has 3 aromatic rings. The molecule has 0 heterocycles. The number of hydrogen-bond acceptors (Lipinski definition) is 3. The van der Waals surface area contributed by atoms with Gasteiger partial charge in [-0.3, -0.25) is 9.59 Å². The highest BCUT2D eigenvalue weighted by Gasteiger charge is 2.08. The fourth-order valence-corrected chi connectivity index (χ4v) is 2.83. The van der Waals surface area contributed by atoms with E-state index in [1.54, 1.807) is 30.3 Å². The fourth-order valence-electron chi connectivity index (χ4n) is 2.83. The molecular weight excluding hydrogens is 340 g/mol. The van der Waals surface area contributed by atoms with Gasteiger partial charge in [0.25, 0.3) is 5.91 Å². The van der Waals surface area contributed by atoms with Gasteiger partial charge >= 0.3 is 0 Å². The van der Waals surface area contributed by atoms with Crippen molar-refractivity contribution in [1.82, 2.24) is 5.32 Å². The maximum Gasteiger partial charge on any atom is 0.251 e. The number of hydrogen-bond donors (Lipinski definition) is 2. The van der Waals surface area contributed by atoms with Gasteiger partial charge in [0, 0.05) is 17.7 Å². The number of amides is 2. The van der Waals surface area contributed by atoms with E-state index in [1.807, 2.05) is 44.2 Å². The van der Waals surface area contributed by atoms with Gasteiger partial charge in [-0.15, -0.1) is 0 Å². The molecule has 0 aromatic heterocycles. The molecule has 0 saturated carbocycles. The van der Waals surface area contributed by atoms with E-state index in [0.717, 1.165) is 22.1 Å². The summed E-state index contributed by atoms with van der Waals surface area (Å²) in [5.41, 5.74) is 7.28. The second-order valence-corrected chi connectivity index (χ2v) is 6.64. The van der Waals surface area contributed by atoms with E-state index in [1.165, 1.54) is 0 Å². The van der Waals surface area contributed by atoms with E-state index >= 15 is 0 Å². The first-order chi connectivity index (χ1) is 12.9. The summed E-state index contributed by atoms with van der Waals surface area (Å²) in [5.74, 6) is 0.154. The lowest BCUT2D eigenvalue weighted by Crippen LogP contribution is -2.22. The van der Waals surface area contributed by atoms with Crippen LogP contribution in [0.1, 0.15) is 40.1 Å². The Morgan fingerprint density at radius 3 is 2.30 bits per heavy atom. The van der Waals surface area contributed by atoms with Gasteiger partial charge in [-0.05, 0) is 66.6 Å². The molecule has 3 aromatic carbocycles. The van der Waals surface area contributed by atoms with Crippen LogP contribution in [0, 0.1) is 0 Å². The number of nitrogens with one attached hydrogen (secondary N) is 1. The number of fused-ring (bicyclic) bond motifs is 1. The fraction of sp³-hybridized carbons (Fsp3) is 0.182. The van der Waals surface area contributed by atoms with Crippen LogP contribution >= 0.6 is 0 Å². The third kappa shape index (κ3) is 4.64. The number of ether oxygens (including phenoxy) is 1. The van der Waals surface area contributed by atoms with Crippen LogP contribution in [0.5, 0.6) is 5.75 Å². The lowest BCUT2D eigenvalue weighted by Gasteiger charge is -2.11. The lowest BCUT2D eigenvalue weighted by atomic mass is 10.0. The summed E-state index contributed by atoms with van der Waals surface area (Å²) < 4.78 is 5.68. The molecule has 3 N–H and O–H groups in total. The van der Waals surface area contributed by atoms with Crippen molar-refractivity contribution in [2.24, 2.45) is 5.73 Å². The Labute approximate surface area is 158 Å². The van der Waals surface area contributed by atoms with Crippen molar-refractivity contribution < 1.29 is 14.3 Å². The van der Waals surface area contributed by atoms with Gasteiger partial charge < -0.3 is 15.8 Å². The van der Waals surface area contributed by atoms with Crippen molar-refractivity contribution in [2.75, 3.05) is 0 Å². The van der Waals surface area contributed by atoms with Gasteiger partial charge in [-0.1, -0.05) is 24.3 Å². The zero-order valence-corrected chi connectivity index (χ0v) is 15.4. The van der Waals surface area contributed by atoms with Crippen LogP contribution in [0.3, 0.4) is 0 Å². The molecule has 3 rings (SSSR count). The molecular formula is C22H22N2O3. The minimum atomic E-state index is -0.470. The molecule has 5 nitrogen and oxygen atoms in total. The minimum absolute atomic E-state index is 0.0996. The molecule has 0 fully saturated rings. The Hall–Kier alpha value is -3.34. The molecule has 0 aliphatic rings. The summed E-state index contributed by atoms with van der Waals surface area (Å²) in [6, 6.07) is 18.2. The Bertz CT molecular complexity index is 996. The summed E-state index contributed by atoms with van der Waals surface area (Å²) in [6.07, 6.45) is 0.0996. The molecule has 0 unspecified atom stereocenters. The first kappa shape index (κ1) is 18.5. The van der Waals surface area contributed by atoms with Crippen LogP contribution < -0.4 is 15.8 Å². The average molecular weight is 362 g/mol. The van der Waals surface area contributed by atoms with E-state index in [-0.39, 0.29) is 12.0 Å². The van der Waals surface area contributed by atoms with Gasteiger partial charge in [-0.25, -0.2) is 0 Å². The summed E-state index contributed by atoms with van der Waals surface area (Å²) >= 11 is 0. The summed E-state index contributed by atoms with van der Waals surface area (Å²) in [5, 5.41) is 4.66. The molecule has 27 heavy (non-hydrogen) atoms. The van der Waals surface area contributed by atoms with E-state index in [2.05, 4.69) is 5.32 Å². The number of carbonyl (C=O) groups excluding carboxylic acids is 2. The molecule has 2 amide bonds. The van der Waals surface area contributed by atoms with Crippen LogP contribution in [0.15, 0.2) is 60.7 Å². The molecule has 0 atom stereocenters. The van der Waals surface area contributed by atoms with E-state index in [4.69, 9.17) is 10.5 Å². The first-order valence-electron chi connectivity index (χ1n) is 8.80. The largest absolute Gasteiger partial charge is 0.491 e. The van der Waals surface area contributed by atoms with Crippen molar-refractivity contribution in [1.29, 1.82) is 0 Å². The van der Waals surface area contributed by atoms with Crippen LogP contribution in [-0.2, 0) is 6.54 Å². The smallest absolute Gasteiger partial charge is 0.251 e. The van der Waals surface area contributed by atoms with E-state index < -0.39 is 5.91 Å². The topological polar surface area (TPSA) is 81.4 Å². The van der Waals surface area contributed by atoms with Gasteiger partial charge in [0.05, 0.1) is 6.10 Å². The highest BCUT2D eigenvalue weighted by Crippen LogP contribution is 2.19. The first-order valence-corrected chi connectivity index (χ1v) is 8.80. The SMILES string of the molecule is CC(C)Oc1cccc(CNC(=O)c2ccc3cc(C(N)=O)ccc3c2)c1. The molecule has 0 aliphatic carbocycles. The van der Waals surface area contributed by atoms with Crippen molar-refractivity contribution in [2.45, 2.75) is 26.5 Å². The van der Waals surface area contributed by atoms with E-state index in [9.17, 15) is 9.59 Å². The molecule has 0 bridgehead atoms. The Morgan fingerprint density at radius 1 is 0.963 bits per heavy atom. The molecule has 0 aliphatic heterocycles. The summed E-state index contributed by atoms with van der Waals surface area (Å²) in [4.78, 5) is 23.8. The quantitative estimate of drug-likeness (QED) is 0.702. The highest BCUT2D eigenvalue weighted by molar-refractivity contribution is 6.01. The third-order valence-electron chi connectivity index (χ3n) is 4.11. The third-order valence-corrected chi connectivity index (χ3v) is 4.11. The molecule has 0 saturated heterocycles. The Balaban J connectivity index is 1.71. The second-order valence-electron chi connectivity index (χ2n) is 6.64. The predicted octanol–water partition coefficient (Wildman–Crippen LogP) is 3.66. The monoisotopic (exact) mass is 362 g/mol. The standard InChI is InChI=1S/C22H22N2O3/c1-14(2)27-20-5-3-4-15(10-20)13-24-22(26)19-9-7-16-11-18(21(23)25)8-6-17(16)12-19/h3-12,14H,13H2,1-2H3,(H2,23,25)(H,24,26). The number of rotatable bonds is 6. The summed E-state index contributed by atoms with van der Waals surface area (Å²) in [7, 11) is 0. The average Bonchev–Trinajstić information content (AvgIpc) is 2.65. The van der Waals surface area contributed by atoms with Crippen LogP contribution in [0.4, 0.5) is 0 Å². The maximum absolute atomic E-state index is 12.5. The van der Waals surface area contributed by atoms with Crippen molar-refractivity contribution in [3.05, 3.63) is 77.4 Å². The predicted molar refractivity (Wildman–Crippen MR) is 106 cm³/mol.